The number of likely N-dealkylation sites (tertiary alicyclic amines) is 1. The number of carboxylic acids is 1. The van der Waals surface area contributed by atoms with Gasteiger partial charge in [0, 0.05) is 13.0 Å². The Morgan fingerprint density at radius 2 is 2.06 bits per heavy atom. The molecule has 2 atom stereocenters. The number of hydrogen-bond acceptors (Lipinski definition) is 2. The van der Waals surface area contributed by atoms with Crippen molar-refractivity contribution in [3.8, 4) is 0 Å². The molecule has 4 heteroatoms. The summed E-state index contributed by atoms with van der Waals surface area (Å²) in [5.41, 5.74) is 0. The molecule has 1 aliphatic rings. The first-order valence-corrected chi connectivity index (χ1v) is 5.95. The fraction of sp³-hybridized carbons (Fsp3) is 0.833. The summed E-state index contributed by atoms with van der Waals surface area (Å²) in [4.78, 5) is 24.5. The topological polar surface area (TPSA) is 57.6 Å². The van der Waals surface area contributed by atoms with Gasteiger partial charge in [-0.1, -0.05) is 20.8 Å². The van der Waals surface area contributed by atoms with E-state index in [1.165, 1.54) is 4.90 Å². The van der Waals surface area contributed by atoms with Crippen molar-refractivity contribution in [2.45, 2.75) is 46.1 Å². The van der Waals surface area contributed by atoms with Crippen molar-refractivity contribution in [1.29, 1.82) is 0 Å². The Labute approximate surface area is 96.6 Å². The summed E-state index contributed by atoms with van der Waals surface area (Å²) in [6, 6.07) is -0.611. The van der Waals surface area contributed by atoms with E-state index in [0.717, 1.165) is 12.8 Å². The fourth-order valence-corrected chi connectivity index (χ4v) is 2.16. The Morgan fingerprint density at radius 1 is 1.44 bits per heavy atom. The number of hydrogen-bond donors (Lipinski definition) is 1. The molecule has 1 rings (SSSR count). The quantitative estimate of drug-likeness (QED) is 0.796. The highest BCUT2D eigenvalue weighted by molar-refractivity contribution is 5.84. The average Bonchev–Trinajstić information content (AvgIpc) is 2.56. The third-order valence-electron chi connectivity index (χ3n) is 3.21. The monoisotopic (exact) mass is 227 g/mol. The van der Waals surface area contributed by atoms with Gasteiger partial charge in [0.05, 0.1) is 0 Å². The van der Waals surface area contributed by atoms with Crippen LogP contribution in [0.3, 0.4) is 0 Å². The molecule has 0 spiro atoms. The molecule has 0 aliphatic carbocycles. The standard InChI is InChI=1S/C12H21NO3/c1-8(2)4-5-10(14)13-7-6-9(3)11(13)12(15)16/h8-9,11H,4-7H2,1-3H3,(H,15,16). The van der Waals surface area contributed by atoms with E-state index in [-0.39, 0.29) is 11.8 Å². The molecule has 0 aromatic heterocycles. The minimum absolute atomic E-state index is 0.00884. The molecule has 1 fully saturated rings. The third-order valence-corrected chi connectivity index (χ3v) is 3.21. The van der Waals surface area contributed by atoms with Crippen molar-refractivity contribution in [2.75, 3.05) is 6.54 Å². The van der Waals surface area contributed by atoms with Gasteiger partial charge >= 0.3 is 5.97 Å². The van der Waals surface area contributed by atoms with Gasteiger partial charge in [0.15, 0.2) is 0 Å². The first kappa shape index (κ1) is 13.0. The van der Waals surface area contributed by atoms with E-state index >= 15 is 0 Å². The lowest BCUT2D eigenvalue weighted by Crippen LogP contribution is -2.42. The average molecular weight is 227 g/mol. The molecule has 0 aromatic rings. The van der Waals surface area contributed by atoms with Gasteiger partial charge in [0.25, 0.3) is 0 Å². The van der Waals surface area contributed by atoms with Crippen LogP contribution >= 0.6 is 0 Å². The van der Waals surface area contributed by atoms with Crippen LogP contribution in [0.2, 0.25) is 0 Å². The number of aliphatic carboxylic acids is 1. The smallest absolute Gasteiger partial charge is 0.326 e. The molecule has 4 nitrogen and oxygen atoms in total. The number of rotatable bonds is 4. The first-order valence-electron chi connectivity index (χ1n) is 5.95. The van der Waals surface area contributed by atoms with Crippen molar-refractivity contribution >= 4 is 11.9 Å². The van der Waals surface area contributed by atoms with Crippen molar-refractivity contribution in [1.82, 2.24) is 4.90 Å². The summed E-state index contributed by atoms with van der Waals surface area (Å²) in [7, 11) is 0. The molecule has 1 aliphatic heterocycles. The van der Waals surface area contributed by atoms with Crippen LogP contribution in [0, 0.1) is 11.8 Å². The summed E-state index contributed by atoms with van der Waals surface area (Å²) in [5, 5.41) is 9.09. The van der Waals surface area contributed by atoms with Crippen molar-refractivity contribution < 1.29 is 14.7 Å². The second kappa shape index (κ2) is 5.32. The highest BCUT2D eigenvalue weighted by Gasteiger charge is 2.38. The second-order valence-electron chi connectivity index (χ2n) is 5.07. The molecule has 0 saturated carbocycles. The molecular formula is C12H21NO3. The van der Waals surface area contributed by atoms with E-state index in [2.05, 4.69) is 13.8 Å². The Balaban J connectivity index is 2.58. The molecule has 16 heavy (non-hydrogen) atoms. The minimum atomic E-state index is -0.872. The lowest BCUT2D eigenvalue weighted by atomic mass is 10.0. The van der Waals surface area contributed by atoms with Crippen LogP contribution in [0.15, 0.2) is 0 Å². The maximum atomic E-state index is 11.9. The maximum absolute atomic E-state index is 11.9. The Morgan fingerprint density at radius 3 is 2.56 bits per heavy atom. The van der Waals surface area contributed by atoms with E-state index in [0.29, 0.717) is 18.9 Å². The van der Waals surface area contributed by atoms with Crippen molar-refractivity contribution in [3.05, 3.63) is 0 Å². The molecule has 92 valence electrons. The summed E-state index contributed by atoms with van der Waals surface area (Å²) < 4.78 is 0. The lowest BCUT2D eigenvalue weighted by Gasteiger charge is -2.23. The van der Waals surface area contributed by atoms with Gasteiger partial charge in [-0.3, -0.25) is 4.79 Å². The summed E-state index contributed by atoms with van der Waals surface area (Å²) in [6.07, 6.45) is 2.09. The maximum Gasteiger partial charge on any atom is 0.326 e. The number of carbonyl (C=O) groups is 2. The SMILES string of the molecule is CC(C)CCC(=O)N1CCC(C)C1C(=O)O. The highest BCUT2D eigenvalue weighted by atomic mass is 16.4. The Bertz CT molecular complexity index is 275. The molecule has 0 radical (unpaired) electrons. The number of amides is 1. The fourth-order valence-electron chi connectivity index (χ4n) is 2.16. The molecule has 1 saturated heterocycles. The van der Waals surface area contributed by atoms with Crippen LogP contribution in [0.5, 0.6) is 0 Å². The normalized spacial score (nSPS) is 25.1. The Hall–Kier alpha value is -1.06. The van der Waals surface area contributed by atoms with Crippen LogP contribution in [0.1, 0.15) is 40.0 Å². The molecule has 1 amide bonds. The highest BCUT2D eigenvalue weighted by Crippen LogP contribution is 2.25. The van der Waals surface area contributed by atoms with Crippen LogP contribution in [0.25, 0.3) is 0 Å². The largest absolute Gasteiger partial charge is 0.480 e. The van der Waals surface area contributed by atoms with Gasteiger partial charge in [-0.05, 0) is 24.7 Å². The van der Waals surface area contributed by atoms with E-state index < -0.39 is 12.0 Å². The number of carboxylic acid groups (broad SMARTS) is 1. The molecule has 2 unspecified atom stereocenters. The number of carbonyl (C=O) groups excluding carboxylic acids is 1. The Kier molecular flexibility index (Phi) is 4.33. The number of nitrogens with zero attached hydrogens (tertiary/aromatic N) is 1. The molecule has 1 heterocycles. The predicted molar refractivity (Wildman–Crippen MR) is 61.0 cm³/mol. The van der Waals surface area contributed by atoms with E-state index in [1.807, 2.05) is 6.92 Å². The van der Waals surface area contributed by atoms with Gasteiger partial charge < -0.3 is 10.0 Å². The zero-order valence-electron chi connectivity index (χ0n) is 10.3. The van der Waals surface area contributed by atoms with Crippen LogP contribution < -0.4 is 0 Å². The van der Waals surface area contributed by atoms with Crippen molar-refractivity contribution in [2.24, 2.45) is 11.8 Å². The summed E-state index contributed by atoms with van der Waals surface area (Å²) >= 11 is 0. The molecule has 0 aromatic carbocycles. The molecular weight excluding hydrogens is 206 g/mol. The third kappa shape index (κ3) is 2.97. The summed E-state index contributed by atoms with van der Waals surface area (Å²) in [6.45, 7) is 6.62. The molecule has 1 N–H and O–H groups in total. The molecule has 0 bridgehead atoms. The lowest BCUT2D eigenvalue weighted by molar-refractivity contribution is -0.149. The summed E-state index contributed by atoms with van der Waals surface area (Å²) in [5.74, 6) is -0.332. The van der Waals surface area contributed by atoms with E-state index in [9.17, 15) is 9.59 Å². The predicted octanol–water partition coefficient (Wildman–Crippen LogP) is 1.74. The van der Waals surface area contributed by atoms with Gasteiger partial charge in [-0.25, -0.2) is 4.79 Å². The second-order valence-corrected chi connectivity index (χ2v) is 5.07. The van der Waals surface area contributed by atoms with Gasteiger partial charge in [0.2, 0.25) is 5.91 Å². The van der Waals surface area contributed by atoms with E-state index in [1.54, 1.807) is 0 Å². The van der Waals surface area contributed by atoms with Crippen LogP contribution in [-0.2, 0) is 9.59 Å². The van der Waals surface area contributed by atoms with Crippen molar-refractivity contribution in [3.63, 3.8) is 0 Å². The van der Waals surface area contributed by atoms with Crippen LogP contribution in [-0.4, -0.2) is 34.5 Å². The van der Waals surface area contributed by atoms with Crippen LogP contribution in [0.4, 0.5) is 0 Å². The van der Waals surface area contributed by atoms with Gasteiger partial charge in [-0.2, -0.15) is 0 Å². The van der Waals surface area contributed by atoms with Gasteiger partial charge in [-0.15, -0.1) is 0 Å². The first-order chi connectivity index (χ1) is 7.43. The minimum Gasteiger partial charge on any atom is -0.480 e. The van der Waals surface area contributed by atoms with Gasteiger partial charge in [0.1, 0.15) is 6.04 Å². The zero-order chi connectivity index (χ0) is 12.3. The zero-order valence-corrected chi connectivity index (χ0v) is 10.3. The van der Waals surface area contributed by atoms with E-state index in [4.69, 9.17) is 5.11 Å².